The zero-order valence-corrected chi connectivity index (χ0v) is 15.8. The highest BCUT2D eigenvalue weighted by atomic mass is 35.5. The van der Waals surface area contributed by atoms with Crippen molar-refractivity contribution < 1.29 is 9.84 Å². The fraction of sp³-hybridized carbons (Fsp3) is 0.143. The molecule has 3 aromatic carbocycles. The monoisotopic (exact) mass is 387 g/mol. The Labute approximate surface area is 163 Å². The number of hydrogen-bond acceptors (Lipinski definition) is 3. The number of phenols is 1. The van der Waals surface area contributed by atoms with Gasteiger partial charge in [0.1, 0.15) is 12.4 Å². The van der Waals surface area contributed by atoms with E-state index in [1.807, 2.05) is 54.6 Å². The fourth-order valence-electron chi connectivity index (χ4n) is 2.56. The maximum Gasteiger partial charge on any atom is 0.157 e. The van der Waals surface area contributed by atoms with E-state index in [-0.39, 0.29) is 10.8 Å². The highest BCUT2D eigenvalue weighted by Crippen LogP contribution is 2.39. The second kappa shape index (κ2) is 8.35. The van der Waals surface area contributed by atoms with Gasteiger partial charge in [-0.15, -0.1) is 0 Å². The first-order chi connectivity index (χ1) is 12.6. The molecule has 5 heteroatoms. The molecular weight excluding hydrogens is 369 g/mol. The average Bonchev–Trinajstić information content (AvgIpc) is 2.68. The van der Waals surface area contributed by atoms with E-state index in [0.717, 1.165) is 16.9 Å². The molecule has 3 nitrogen and oxygen atoms in total. The lowest BCUT2D eigenvalue weighted by Gasteiger charge is -2.15. The van der Waals surface area contributed by atoms with Crippen molar-refractivity contribution in [2.75, 3.05) is 5.32 Å². The summed E-state index contributed by atoms with van der Waals surface area (Å²) in [5, 5.41) is 14.2. The van der Waals surface area contributed by atoms with E-state index >= 15 is 0 Å². The Morgan fingerprint density at radius 1 is 1.00 bits per heavy atom. The molecule has 0 radical (unpaired) electrons. The van der Waals surface area contributed by atoms with Crippen LogP contribution >= 0.6 is 23.2 Å². The Morgan fingerprint density at radius 2 is 1.69 bits per heavy atom. The lowest BCUT2D eigenvalue weighted by atomic mass is 10.1. The molecule has 0 spiro atoms. The summed E-state index contributed by atoms with van der Waals surface area (Å²) in [5.41, 5.74) is 3.21. The van der Waals surface area contributed by atoms with Gasteiger partial charge in [0.2, 0.25) is 0 Å². The van der Waals surface area contributed by atoms with Crippen molar-refractivity contribution in [3.05, 3.63) is 87.4 Å². The summed E-state index contributed by atoms with van der Waals surface area (Å²) < 4.78 is 5.95. The van der Waals surface area contributed by atoms with E-state index < -0.39 is 0 Å². The zero-order valence-electron chi connectivity index (χ0n) is 14.3. The molecule has 0 aliphatic heterocycles. The molecular formula is C21H19Cl2NO2. The van der Waals surface area contributed by atoms with E-state index in [0.29, 0.717) is 29.4 Å². The minimum Gasteiger partial charge on any atom is -0.504 e. The van der Waals surface area contributed by atoms with Crippen LogP contribution in [-0.2, 0) is 13.2 Å². The molecule has 0 aliphatic carbocycles. The lowest BCUT2D eigenvalue weighted by Crippen LogP contribution is -2.04. The highest BCUT2D eigenvalue weighted by Gasteiger charge is 2.13. The minimum absolute atomic E-state index is 0.00347. The van der Waals surface area contributed by atoms with Crippen molar-refractivity contribution >= 4 is 28.9 Å². The molecule has 0 atom stereocenters. The van der Waals surface area contributed by atoms with E-state index in [4.69, 9.17) is 27.9 Å². The molecule has 2 N–H and O–H groups in total. The van der Waals surface area contributed by atoms with Gasteiger partial charge < -0.3 is 15.2 Å². The van der Waals surface area contributed by atoms with Crippen LogP contribution in [0.3, 0.4) is 0 Å². The van der Waals surface area contributed by atoms with Gasteiger partial charge in [-0.3, -0.25) is 0 Å². The number of nitrogens with one attached hydrogen (secondary N) is 1. The molecule has 0 saturated heterocycles. The van der Waals surface area contributed by atoms with Crippen molar-refractivity contribution in [2.45, 2.75) is 20.1 Å². The molecule has 0 bridgehead atoms. The molecule has 0 amide bonds. The molecule has 3 aromatic rings. The SMILES string of the molecule is Cc1c(Cl)cc(NCc2ccccc2OCc2ccccc2)c(O)c1Cl. The maximum absolute atomic E-state index is 10.2. The fourth-order valence-corrected chi connectivity index (χ4v) is 3.01. The second-order valence-electron chi connectivity index (χ2n) is 5.93. The normalized spacial score (nSPS) is 10.6. The summed E-state index contributed by atoms with van der Waals surface area (Å²) in [6, 6.07) is 19.4. The number of halogens is 2. The van der Waals surface area contributed by atoms with Gasteiger partial charge in [0, 0.05) is 17.1 Å². The highest BCUT2D eigenvalue weighted by molar-refractivity contribution is 6.37. The summed E-state index contributed by atoms with van der Waals surface area (Å²) >= 11 is 12.3. The number of anilines is 1. The van der Waals surface area contributed by atoms with E-state index in [1.165, 1.54) is 0 Å². The van der Waals surface area contributed by atoms with Crippen LogP contribution in [0.15, 0.2) is 60.7 Å². The molecule has 134 valence electrons. The van der Waals surface area contributed by atoms with Gasteiger partial charge in [0.25, 0.3) is 0 Å². The number of hydrogen-bond donors (Lipinski definition) is 2. The Morgan fingerprint density at radius 3 is 2.46 bits per heavy atom. The summed E-state index contributed by atoms with van der Waals surface area (Å²) in [4.78, 5) is 0. The number of para-hydroxylation sites is 1. The third-order valence-electron chi connectivity index (χ3n) is 4.10. The Balaban J connectivity index is 1.73. The Bertz CT molecular complexity index is 898. The van der Waals surface area contributed by atoms with Gasteiger partial charge in [-0.2, -0.15) is 0 Å². The van der Waals surface area contributed by atoms with Crippen molar-refractivity contribution in [2.24, 2.45) is 0 Å². The standard InChI is InChI=1S/C21H19Cl2NO2/c1-14-17(22)11-18(21(25)20(14)23)24-12-16-9-5-6-10-19(16)26-13-15-7-3-2-4-8-15/h2-11,24-25H,12-13H2,1H3. The van der Waals surface area contributed by atoms with Gasteiger partial charge in [-0.1, -0.05) is 71.7 Å². The van der Waals surface area contributed by atoms with E-state index in [9.17, 15) is 5.11 Å². The average molecular weight is 388 g/mol. The van der Waals surface area contributed by atoms with Gasteiger partial charge in [-0.05, 0) is 30.2 Å². The predicted octanol–water partition coefficient (Wildman–Crippen LogP) is 6.20. The largest absolute Gasteiger partial charge is 0.504 e. The van der Waals surface area contributed by atoms with Gasteiger partial charge in [0.05, 0.1) is 10.7 Å². The van der Waals surface area contributed by atoms with Crippen LogP contribution in [0.4, 0.5) is 5.69 Å². The van der Waals surface area contributed by atoms with Crippen LogP contribution in [0.1, 0.15) is 16.7 Å². The number of rotatable bonds is 6. The lowest BCUT2D eigenvalue weighted by molar-refractivity contribution is 0.303. The predicted molar refractivity (Wildman–Crippen MR) is 107 cm³/mol. The van der Waals surface area contributed by atoms with Crippen molar-refractivity contribution in [3.8, 4) is 11.5 Å². The molecule has 3 rings (SSSR count). The summed E-state index contributed by atoms with van der Waals surface area (Å²) in [6.45, 7) is 2.72. The summed E-state index contributed by atoms with van der Waals surface area (Å²) in [5.74, 6) is 0.781. The van der Waals surface area contributed by atoms with Crippen LogP contribution in [0.25, 0.3) is 0 Å². The Hall–Kier alpha value is -2.36. The molecule has 0 aromatic heterocycles. The van der Waals surface area contributed by atoms with E-state index in [2.05, 4.69) is 5.32 Å². The molecule has 0 unspecified atom stereocenters. The summed E-state index contributed by atoms with van der Waals surface area (Å²) in [6.07, 6.45) is 0. The third-order valence-corrected chi connectivity index (χ3v) is 4.96. The quantitative estimate of drug-likeness (QED) is 0.494. The first-order valence-corrected chi connectivity index (χ1v) is 8.98. The molecule has 26 heavy (non-hydrogen) atoms. The van der Waals surface area contributed by atoms with Crippen LogP contribution in [0, 0.1) is 6.92 Å². The van der Waals surface area contributed by atoms with Crippen molar-refractivity contribution in [1.29, 1.82) is 0 Å². The van der Waals surface area contributed by atoms with Gasteiger partial charge in [-0.25, -0.2) is 0 Å². The van der Waals surface area contributed by atoms with Gasteiger partial charge >= 0.3 is 0 Å². The number of phenolic OH excluding ortho intramolecular Hbond substituents is 1. The number of benzene rings is 3. The number of ether oxygens (including phenoxy) is 1. The second-order valence-corrected chi connectivity index (χ2v) is 6.71. The van der Waals surface area contributed by atoms with Crippen LogP contribution in [-0.4, -0.2) is 5.11 Å². The molecule has 0 heterocycles. The number of aromatic hydroxyl groups is 1. The molecule has 0 aliphatic rings. The van der Waals surface area contributed by atoms with Crippen molar-refractivity contribution in [1.82, 2.24) is 0 Å². The molecule has 0 saturated carbocycles. The first kappa shape index (κ1) is 18.4. The topological polar surface area (TPSA) is 41.5 Å². The first-order valence-electron chi connectivity index (χ1n) is 8.22. The smallest absolute Gasteiger partial charge is 0.157 e. The zero-order chi connectivity index (χ0) is 18.5. The van der Waals surface area contributed by atoms with Crippen LogP contribution < -0.4 is 10.1 Å². The van der Waals surface area contributed by atoms with Crippen LogP contribution in [0.2, 0.25) is 10.0 Å². The molecule has 0 fully saturated rings. The third kappa shape index (κ3) is 4.24. The Kier molecular flexibility index (Phi) is 5.92. The van der Waals surface area contributed by atoms with E-state index in [1.54, 1.807) is 13.0 Å². The minimum atomic E-state index is -0.00347. The van der Waals surface area contributed by atoms with Crippen LogP contribution in [0.5, 0.6) is 11.5 Å². The van der Waals surface area contributed by atoms with Gasteiger partial charge in [0.15, 0.2) is 5.75 Å². The van der Waals surface area contributed by atoms with Crippen molar-refractivity contribution in [3.63, 3.8) is 0 Å². The maximum atomic E-state index is 10.2. The summed E-state index contributed by atoms with van der Waals surface area (Å²) in [7, 11) is 0.